The molecule has 1 atom stereocenters. The molecule has 1 aliphatic rings. The highest BCUT2D eigenvalue weighted by molar-refractivity contribution is 6.30. The number of nitrogens with zero attached hydrogens (tertiary/aromatic N) is 3. The fourth-order valence-corrected chi connectivity index (χ4v) is 3.73. The molecule has 0 N–H and O–H groups in total. The Morgan fingerprint density at radius 3 is 2.67 bits per heavy atom. The van der Waals surface area contributed by atoms with Crippen LogP contribution in [0.4, 0.5) is 0 Å². The molecule has 27 heavy (non-hydrogen) atoms. The molecule has 0 radical (unpaired) electrons. The van der Waals surface area contributed by atoms with Crippen LogP contribution in [0.15, 0.2) is 54.7 Å². The van der Waals surface area contributed by atoms with Crippen LogP contribution in [0.1, 0.15) is 23.2 Å². The Bertz CT molecular complexity index is 948. The van der Waals surface area contributed by atoms with E-state index in [1.807, 2.05) is 30.5 Å². The molecule has 6 heteroatoms. The molecule has 2 heterocycles. The van der Waals surface area contributed by atoms with E-state index >= 15 is 0 Å². The summed E-state index contributed by atoms with van der Waals surface area (Å²) in [6.45, 7) is 1.33. The molecule has 4 rings (SSSR count). The highest BCUT2D eigenvalue weighted by Crippen LogP contribution is 2.22. The lowest BCUT2D eigenvalue weighted by Crippen LogP contribution is -2.43. The van der Waals surface area contributed by atoms with Gasteiger partial charge in [-0.1, -0.05) is 29.8 Å². The van der Waals surface area contributed by atoms with Crippen molar-refractivity contribution in [3.8, 4) is 0 Å². The van der Waals surface area contributed by atoms with Crippen LogP contribution in [0, 0.1) is 5.92 Å². The van der Waals surface area contributed by atoms with Crippen molar-refractivity contribution in [3.63, 3.8) is 0 Å². The molecule has 1 aliphatic heterocycles. The quantitative estimate of drug-likeness (QED) is 0.646. The van der Waals surface area contributed by atoms with Crippen molar-refractivity contribution in [3.05, 3.63) is 65.3 Å². The van der Waals surface area contributed by atoms with Crippen LogP contribution in [0.3, 0.4) is 0 Å². The molecule has 1 saturated heterocycles. The minimum atomic E-state index is -0.166. The molecule has 1 aromatic heterocycles. The number of fused-ring (bicyclic) bond motifs is 1. The van der Waals surface area contributed by atoms with E-state index in [0.717, 1.165) is 23.7 Å². The minimum Gasteiger partial charge on any atom is -0.340 e. The average molecular weight is 382 g/mol. The molecule has 1 unspecified atom stereocenters. The number of aromatic nitrogens is 2. The van der Waals surface area contributed by atoms with E-state index in [0.29, 0.717) is 23.7 Å². The van der Waals surface area contributed by atoms with E-state index in [2.05, 4.69) is 5.10 Å². The zero-order valence-corrected chi connectivity index (χ0v) is 15.6. The molecule has 2 aromatic carbocycles. The zero-order valence-electron chi connectivity index (χ0n) is 14.8. The smallest absolute Gasteiger partial charge is 0.244 e. The van der Waals surface area contributed by atoms with E-state index in [4.69, 9.17) is 11.6 Å². The van der Waals surface area contributed by atoms with E-state index in [-0.39, 0.29) is 24.2 Å². The van der Waals surface area contributed by atoms with Crippen LogP contribution in [0.2, 0.25) is 5.02 Å². The molecular weight excluding hydrogens is 362 g/mol. The second-order valence-electron chi connectivity index (χ2n) is 6.94. The third-order valence-corrected chi connectivity index (χ3v) is 5.28. The summed E-state index contributed by atoms with van der Waals surface area (Å²) in [7, 11) is 0. The molecule has 0 saturated carbocycles. The number of hydrogen-bond donors (Lipinski definition) is 0. The van der Waals surface area contributed by atoms with Gasteiger partial charge in [0.25, 0.3) is 0 Å². The van der Waals surface area contributed by atoms with Crippen molar-refractivity contribution in [1.29, 1.82) is 0 Å². The first-order valence-electron chi connectivity index (χ1n) is 9.10. The number of ketones is 1. The zero-order chi connectivity index (χ0) is 18.8. The number of rotatable bonds is 4. The summed E-state index contributed by atoms with van der Waals surface area (Å²) in [5.41, 5.74) is 1.52. The molecule has 138 valence electrons. The van der Waals surface area contributed by atoms with Gasteiger partial charge >= 0.3 is 0 Å². The van der Waals surface area contributed by atoms with Crippen LogP contribution in [-0.4, -0.2) is 39.5 Å². The Labute approximate surface area is 162 Å². The number of likely N-dealkylation sites (tertiary alicyclic amines) is 1. The van der Waals surface area contributed by atoms with Gasteiger partial charge in [0.2, 0.25) is 5.91 Å². The molecule has 1 amide bonds. The van der Waals surface area contributed by atoms with Crippen molar-refractivity contribution >= 4 is 34.2 Å². The van der Waals surface area contributed by atoms with Gasteiger partial charge in [0.05, 0.1) is 5.52 Å². The van der Waals surface area contributed by atoms with Gasteiger partial charge in [-0.25, -0.2) is 0 Å². The van der Waals surface area contributed by atoms with Gasteiger partial charge < -0.3 is 4.90 Å². The SMILES string of the molecule is O=C(c1ccc(Cl)cc1)C1CCCN(C(=O)Cn2cc3ccccc3n2)C1. The second kappa shape index (κ2) is 7.53. The number of Topliss-reactive ketones (excluding diaryl/α,β-unsaturated/α-hetero) is 1. The summed E-state index contributed by atoms with van der Waals surface area (Å²) in [6, 6.07) is 14.7. The molecule has 5 nitrogen and oxygen atoms in total. The summed E-state index contributed by atoms with van der Waals surface area (Å²) in [6.07, 6.45) is 3.52. The third kappa shape index (κ3) is 3.88. The Kier molecular flexibility index (Phi) is 4.94. The van der Waals surface area contributed by atoms with Crippen molar-refractivity contribution in [1.82, 2.24) is 14.7 Å². The van der Waals surface area contributed by atoms with E-state index < -0.39 is 0 Å². The number of halogens is 1. The molecule has 0 bridgehead atoms. The molecule has 1 fully saturated rings. The number of carbonyl (C=O) groups excluding carboxylic acids is 2. The van der Waals surface area contributed by atoms with Crippen LogP contribution < -0.4 is 0 Å². The maximum absolute atomic E-state index is 12.8. The first-order chi connectivity index (χ1) is 13.1. The van der Waals surface area contributed by atoms with E-state index in [1.165, 1.54) is 0 Å². The standard InChI is InChI=1S/C21H20ClN3O2/c22-18-9-7-15(8-10-18)21(27)17-5-3-11-24(12-17)20(26)14-25-13-16-4-1-2-6-19(16)23-25/h1-2,4,6-10,13,17H,3,5,11-12,14H2. The van der Waals surface area contributed by atoms with Gasteiger partial charge in [-0.2, -0.15) is 5.10 Å². The molecule has 0 aliphatic carbocycles. The summed E-state index contributed by atoms with van der Waals surface area (Å²) >= 11 is 5.90. The van der Waals surface area contributed by atoms with Gasteiger partial charge in [0, 0.05) is 41.2 Å². The monoisotopic (exact) mass is 381 g/mol. The Morgan fingerprint density at radius 2 is 1.89 bits per heavy atom. The summed E-state index contributed by atoms with van der Waals surface area (Å²) in [4.78, 5) is 27.3. The number of hydrogen-bond acceptors (Lipinski definition) is 3. The Balaban J connectivity index is 1.43. The fraction of sp³-hybridized carbons (Fsp3) is 0.286. The number of piperidine rings is 1. The molecule has 3 aromatic rings. The maximum Gasteiger partial charge on any atom is 0.244 e. The second-order valence-corrected chi connectivity index (χ2v) is 7.37. The number of carbonyl (C=O) groups is 2. The normalized spacial score (nSPS) is 17.2. The minimum absolute atomic E-state index is 0.00332. The predicted octanol–water partition coefficient (Wildman–Crippen LogP) is 3.81. The van der Waals surface area contributed by atoms with Crippen molar-refractivity contribution in [2.24, 2.45) is 5.92 Å². The lowest BCUT2D eigenvalue weighted by atomic mass is 9.90. The highest BCUT2D eigenvalue weighted by Gasteiger charge is 2.29. The van der Waals surface area contributed by atoms with Gasteiger partial charge in [0.15, 0.2) is 5.78 Å². The Hall–Kier alpha value is -2.66. The molecule has 0 spiro atoms. The topological polar surface area (TPSA) is 55.2 Å². The van der Waals surface area contributed by atoms with Crippen LogP contribution in [0.5, 0.6) is 0 Å². The lowest BCUT2D eigenvalue weighted by Gasteiger charge is -2.32. The van der Waals surface area contributed by atoms with Crippen LogP contribution in [0.25, 0.3) is 10.9 Å². The van der Waals surface area contributed by atoms with Crippen molar-refractivity contribution < 1.29 is 9.59 Å². The summed E-state index contributed by atoms with van der Waals surface area (Å²) < 4.78 is 1.68. The van der Waals surface area contributed by atoms with E-state index in [1.54, 1.807) is 33.8 Å². The molecular formula is C21H20ClN3O2. The number of amides is 1. The summed E-state index contributed by atoms with van der Waals surface area (Å²) in [5, 5.41) is 6.07. The van der Waals surface area contributed by atoms with Crippen LogP contribution >= 0.6 is 11.6 Å². The largest absolute Gasteiger partial charge is 0.340 e. The fourth-order valence-electron chi connectivity index (χ4n) is 3.60. The first kappa shape index (κ1) is 17.7. The van der Waals surface area contributed by atoms with Gasteiger partial charge in [-0.15, -0.1) is 0 Å². The predicted molar refractivity (Wildman–Crippen MR) is 105 cm³/mol. The first-order valence-corrected chi connectivity index (χ1v) is 9.48. The lowest BCUT2D eigenvalue weighted by molar-refractivity contribution is -0.133. The number of benzene rings is 2. The highest BCUT2D eigenvalue weighted by atomic mass is 35.5. The van der Waals surface area contributed by atoms with Crippen molar-refractivity contribution in [2.75, 3.05) is 13.1 Å². The third-order valence-electron chi connectivity index (χ3n) is 5.03. The van der Waals surface area contributed by atoms with Crippen molar-refractivity contribution in [2.45, 2.75) is 19.4 Å². The van der Waals surface area contributed by atoms with Gasteiger partial charge in [-0.3, -0.25) is 14.3 Å². The van der Waals surface area contributed by atoms with Gasteiger partial charge in [0.1, 0.15) is 6.54 Å². The maximum atomic E-state index is 12.8. The average Bonchev–Trinajstić information content (AvgIpc) is 3.10. The van der Waals surface area contributed by atoms with E-state index in [9.17, 15) is 9.59 Å². The van der Waals surface area contributed by atoms with Crippen LogP contribution in [-0.2, 0) is 11.3 Å². The summed E-state index contributed by atoms with van der Waals surface area (Å²) in [5.74, 6) is -0.0917. The van der Waals surface area contributed by atoms with Gasteiger partial charge in [-0.05, 0) is 43.2 Å². The Morgan fingerprint density at radius 1 is 1.11 bits per heavy atom.